The van der Waals surface area contributed by atoms with E-state index in [2.05, 4.69) is 21.2 Å². The molecule has 1 aromatic rings. The Kier molecular flexibility index (Phi) is 6.15. The Morgan fingerprint density at radius 3 is 2.89 bits per heavy atom. The van der Waals surface area contributed by atoms with Gasteiger partial charge in [-0.25, -0.2) is 0 Å². The lowest BCUT2D eigenvalue weighted by atomic mass is 10.1. The van der Waals surface area contributed by atoms with Crippen LogP contribution in [0, 0.1) is 6.92 Å². The van der Waals surface area contributed by atoms with E-state index in [4.69, 9.17) is 10.5 Å². The van der Waals surface area contributed by atoms with Crippen LogP contribution in [0.3, 0.4) is 0 Å². The first-order valence-corrected chi connectivity index (χ1v) is 6.77. The average Bonchev–Trinajstić information content (AvgIpc) is 2.33. The summed E-state index contributed by atoms with van der Waals surface area (Å²) in [6, 6.07) is 3.57. The van der Waals surface area contributed by atoms with Gasteiger partial charge in [0, 0.05) is 35.5 Å². The number of nitrogen functional groups attached to an aromatic ring is 1. The smallest absolute Gasteiger partial charge is 0.251 e. The van der Waals surface area contributed by atoms with Crippen LogP contribution >= 0.6 is 15.9 Å². The van der Waals surface area contributed by atoms with Crippen molar-refractivity contribution < 1.29 is 9.53 Å². The lowest BCUT2D eigenvalue weighted by molar-refractivity contribution is 0.0943. The Morgan fingerprint density at radius 1 is 1.50 bits per heavy atom. The molecule has 100 valence electrons. The highest BCUT2D eigenvalue weighted by Gasteiger charge is 2.11. The van der Waals surface area contributed by atoms with Gasteiger partial charge in [0.2, 0.25) is 0 Å². The lowest BCUT2D eigenvalue weighted by Gasteiger charge is -2.10. The molecule has 0 heterocycles. The van der Waals surface area contributed by atoms with Crippen molar-refractivity contribution in [3.8, 4) is 0 Å². The number of benzene rings is 1. The average molecular weight is 315 g/mol. The first kappa shape index (κ1) is 15.0. The van der Waals surface area contributed by atoms with Crippen LogP contribution in [0.15, 0.2) is 16.6 Å². The maximum atomic E-state index is 12.0. The number of carbonyl (C=O) groups is 1. The lowest BCUT2D eigenvalue weighted by Crippen LogP contribution is -2.26. The van der Waals surface area contributed by atoms with E-state index in [0.29, 0.717) is 31.0 Å². The molecule has 0 aromatic heterocycles. The minimum atomic E-state index is -0.100. The molecule has 0 aliphatic carbocycles. The topological polar surface area (TPSA) is 64.3 Å². The van der Waals surface area contributed by atoms with E-state index in [1.54, 1.807) is 12.1 Å². The highest BCUT2D eigenvalue weighted by molar-refractivity contribution is 9.10. The molecule has 0 aliphatic heterocycles. The summed E-state index contributed by atoms with van der Waals surface area (Å²) >= 11 is 3.34. The Hall–Kier alpha value is -1.07. The van der Waals surface area contributed by atoms with Crippen molar-refractivity contribution in [1.82, 2.24) is 5.32 Å². The van der Waals surface area contributed by atoms with E-state index in [0.717, 1.165) is 16.5 Å². The third-order valence-corrected chi connectivity index (χ3v) is 3.07. The molecule has 0 radical (unpaired) electrons. The van der Waals surface area contributed by atoms with Gasteiger partial charge in [0.15, 0.2) is 0 Å². The number of ether oxygens (including phenoxy) is 1. The molecule has 3 N–H and O–H groups in total. The molecule has 4 nitrogen and oxygen atoms in total. The molecule has 1 rings (SSSR count). The van der Waals surface area contributed by atoms with Crippen molar-refractivity contribution in [2.45, 2.75) is 20.3 Å². The van der Waals surface area contributed by atoms with Crippen LogP contribution in [-0.2, 0) is 4.74 Å². The standard InChI is InChI=1S/C13H19BrN2O2/c1-3-18-6-4-5-16-13(17)11-7-10(14)8-12(15)9(11)2/h7-8H,3-6,15H2,1-2H3,(H,16,17). The molecule has 0 bridgehead atoms. The highest BCUT2D eigenvalue weighted by Crippen LogP contribution is 2.22. The maximum Gasteiger partial charge on any atom is 0.251 e. The largest absolute Gasteiger partial charge is 0.398 e. The Labute approximate surface area is 116 Å². The van der Waals surface area contributed by atoms with Crippen molar-refractivity contribution in [3.63, 3.8) is 0 Å². The Morgan fingerprint density at radius 2 is 2.22 bits per heavy atom. The number of carbonyl (C=O) groups excluding carboxylic acids is 1. The molecule has 5 heteroatoms. The summed E-state index contributed by atoms with van der Waals surface area (Å²) in [4.78, 5) is 12.0. The van der Waals surface area contributed by atoms with Crippen molar-refractivity contribution in [2.75, 3.05) is 25.5 Å². The van der Waals surface area contributed by atoms with Crippen molar-refractivity contribution in [1.29, 1.82) is 0 Å². The van der Waals surface area contributed by atoms with Crippen molar-refractivity contribution in [3.05, 3.63) is 27.7 Å². The third-order valence-electron chi connectivity index (χ3n) is 2.61. The fourth-order valence-corrected chi connectivity index (χ4v) is 2.03. The molecule has 0 atom stereocenters. The molecule has 0 spiro atoms. The van der Waals surface area contributed by atoms with Gasteiger partial charge in [0.1, 0.15) is 0 Å². The van der Waals surface area contributed by atoms with E-state index < -0.39 is 0 Å². The predicted molar refractivity (Wildman–Crippen MR) is 76.7 cm³/mol. The zero-order chi connectivity index (χ0) is 13.5. The van der Waals surface area contributed by atoms with Crippen LogP contribution in [0.5, 0.6) is 0 Å². The zero-order valence-corrected chi connectivity index (χ0v) is 12.3. The fourth-order valence-electron chi connectivity index (χ4n) is 1.55. The van der Waals surface area contributed by atoms with Gasteiger partial charge < -0.3 is 15.8 Å². The molecule has 0 aliphatic rings. The van der Waals surface area contributed by atoms with Gasteiger partial charge in [-0.05, 0) is 38.0 Å². The predicted octanol–water partition coefficient (Wildman–Crippen LogP) is 2.50. The number of nitrogens with one attached hydrogen (secondary N) is 1. The zero-order valence-electron chi connectivity index (χ0n) is 10.8. The van der Waals surface area contributed by atoms with Gasteiger partial charge in [-0.2, -0.15) is 0 Å². The highest BCUT2D eigenvalue weighted by atomic mass is 79.9. The first-order valence-electron chi connectivity index (χ1n) is 5.97. The SMILES string of the molecule is CCOCCCNC(=O)c1cc(Br)cc(N)c1C. The summed E-state index contributed by atoms with van der Waals surface area (Å²) in [7, 11) is 0. The number of halogens is 1. The number of nitrogens with two attached hydrogens (primary N) is 1. The van der Waals surface area contributed by atoms with E-state index in [-0.39, 0.29) is 5.91 Å². The van der Waals surface area contributed by atoms with Gasteiger partial charge in [0.25, 0.3) is 5.91 Å². The van der Waals surface area contributed by atoms with Gasteiger partial charge >= 0.3 is 0 Å². The third kappa shape index (κ3) is 4.31. The van der Waals surface area contributed by atoms with E-state index in [9.17, 15) is 4.79 Å². The maximum absolute atomic E-state index is 12.0. The minimum absolute atomic E-state index is 0.100. The van der Waals surface area contributed by atoms with Gasteiger partial charge in [-0.15, -0.1) is 0 Å². The molecule has 0 saturated carbocycles. The van der Waals surface area contributed by atoms with Gasteiger partial charge in [-0.3, -0.25) is 4.79 Å². The summed E-state index contributed by atoms with van der Waals surface area (Å²) in [6.45, 7) is 5.76. The second kappa shape index (κ2) is 7.38. The number of anilines is 1. The molecular weight excluding hydrogens is 296 g/mol. The quantitative estimate of drug-likeness (QED) is 0.626. The second-order valence-corrected chi connectivity index (χ2v) is 4.89. The monoisotopic (exact) mass is 314 g/mol. The molecular formula is C13H19BrN2O2. The molecule has 1 aromatic carbocycles. The summed E-state index contributed by atoms with van der Waals surface area (Å²) in [5.41, 5.74) is 7.85. The van der Waals surface area contributed by atoms with Gasteiger partial charge in [-0.1, -0.05) is 15.9 Å². The van der Waals surface area contributed by atoms with Crippen LogP contribution < -0.4 is 11.1 Å². The number of hydrogen-bond donors (Lipinski definition) is 2. The van der Waals surface area contributed by atoms with E-state index in [1.165, 1.54) is 0 Å². The molecule has 18 heavy (non-hydrogen) atoms. The van der Waals surface area contributed by atoms with E-state index >= 15 is 0 Å². The van der Waals surface area contributed by atoms with Crippen LogP contribution in [0.2, 0.25) is 0 Å². The number of amides is 1. The summed E-state index contributed by atoms with van der Waals surface area (Å²) in [5, 5.41) is 2.86. The molecule has 0 unspecified atom stereocenters. The molecule has 0 saturated heterocycles. The van der Waals surface area contributed by atoms with Crippen LogP contribution in [0.1, 0.15) is 29.3 Å². The Bertz CT molecular complexity index is 422. The summed E-state index contributed by atoms with van der Waals surface area (Å²) in [6.07, 6.45) is 0.808. The number of hydrogen-bond acceptors (Lipinski definition) is 3. The van der Waals surface area contributed by atoms with Gasteiger partial charge in [0.05, 0.1) is 0 Å². The summed E-state index contributed by atoms with van der Waals surface area (Å²) in [5.74, 6) is -0.100. The molecule has 0 fully saturated rings. The van der Waals surface area contributed by atoms with Crippen LogP contribution in [-0.4, -0.2) is 25.7 Å². The van der Waals surface area contributed by atoms with E-state index in [1.807, 2.05) is 13.8 Å². The summed E-state index contributed by atoms with van der Waals surface area (Å²) < 4.78 is 6.01. The Balaban J connectivity index is 2.56. The number of rotatable bonds is 6. The molecule has 1 amide bonds. The van der Waals surface area contributed by atoms with Crippen LogP contribution in [0.25, 0.3) is 0 Å². The minimum Gasteiger partial charge on any atom is -0.398 e. The first-order chi connectivity index (χ1) is 8.56. The second-order valence-electron chi connectivity index (χ2n) is 3.97. The normalized spacial score (nSPS) is 10.4. The van der Waals surface area contributed by atoms with Crippen molar-refractivity contribution in [2.24, 2.45) is 0 Å². The van der Waals surface area contributed by atoms with Crippen LogP contribution in [0.4, 0.5) is 5.69 Å². The fraction of sp³-hybridized carbons (Fsp3) is 0.462. The van der Waals surface area contributed by atoms with Crippen molar-refractivity contribution >= 4 is 27.5 Å².